The van der Waals surface area contributed by atoms with Gasteiger partial charge in [-0.05, 0) is 12.8 Å². The lowest BCUT2D eigenvalue weighted by Gasteiger charge is -2.12. The molecule has 2 rings (SSSR count). The number of aromatic nitrogens is 2. The number of rotatable bonds is 5. The van der Waals surface area contributed by atoms with E-state index >= 15 is 0 Å². The van der Waals surface area contributed by atoms with Crippen molar-refractivity contribution >= 4 is 23.4 Å². The lowest BCUT2D eigenvalue weighted by Crippen LogP contribution is -2.37. The number of halogens is 1. The maximum Gasteiger partial charge on any atom is 0.316 e. The standard InChI is InChI=1S/C12H18ClN5O/c1-18(2)12(19)15-6-5-14-10-7-9(13)16-11(17-10)8-3-4-8/h7-8H,3-6H2,1-2H3,(H,15,19)(H,14,16,17). The molecule has 0 unspecified atom stereocenters. The van der Waals surface area contributed by atoms with E-state index in [0.717, 1.165) is 18.7 Å². The van der Waals surface area contributed by atoms with Crippen LogP contribution >= 0.6 is 11.6 Å². The van der Waals surface area contributed by atoms with Crippen LogP contribution in [0.5, 0.6) is 0 Å². The highest BCUT2D eigenvalue weighted by molar-refractivity contribution is 6.29. The molecule has 1 saturated carbocycles. The molecule has 1 aliphatic carbocycles. The topological polar surface area (TPSA) is 70.2 Å². The molecular formula is C12H18ClN5O. The molecule has 104 valence electrons. The average molecular weight is 284 g/mol. The molecule has 0 spiro atoms. The van der Waals surface area contributed by atoms with Crippen LogP contribution in [0.1, 0.15) is 24.6 Å². The summed E-state index contributed by atoms with van der Waals surface area (Å²) in [6.07, 6.45) is 2.28. The number of carbonyl (C=O) groups is 1. The first-order valence-electron chi connectivity index (χ1n) is 6.30. The number of nitrogens with one attached hydrogen (secondary N) is 2. The van der Waals surface area contributed by atoms with Gasteiger partial charge in [0.15, 0.2) is 0 Å². The number of nitrogens with zero attached hydrogens (tertiary/aromatic N) is 3. The Morgan fingerprint density at radius 2 is 2.16 bits per heavy atom. The van der Waals surface area contributed by atoms with Gasteiger partial charge in [-0.3, -0.25) is 0 Å². The van der Waals surface area contributed by atoms with Crippen LogP contribution in [0.15, 0.2) is 6.07 Å². The third-order valence-corrected chi connectivity index (χ3v) is 2.96. The van der Waals surface area contributed by atoms with Crippen molar-refractivity contribution in [2.45, 2.75) is 18.8 Å². The first-order chi connectivity index (χ1) is 9.06. The number of hydrogen-bond acceptors (Lipinski definition) is 4. The Morgan fingerprint density at radius 1 is 1.42 bits per heavy atom. The van der Waals surface area contributed by atoms with Crippen LogP contribution < -0.4 is 10.6 Å². The molecule has 2 N–H and O–H groups in total. The van der Waals surface area contributed by atoms with Crippen molar-refractivity contribution in [1.29, 1.82) is 0 Å². The van der Waals surface area contributed by atoms with Crippen LogP contribution in [0.2, 0.25) is 5.15 Å². The third-order valence-electron chi connectivity index (χ3n) is 2.77. The first-order valence-corrected chi connectivity index (χ1v) is 6.67. The maximum absolute atomic E-state index is 11.3. The van der Waals surface area contributed by atoms with Crippen LogP contribution in [-0.4, -0.2) is 48.1 Å². The van der Waals surface area contributed by atoms with Gasteiger partial charge in [-0.2, -0.15) is 0 Å². The fourth-order valence-electron chi connectivity index (χ4n) is 1.57. The fourth-order valence-corrected chi connectivity index (χ4v) is 1.76. The summed E-state index contributed by atoms with van der Waals surface area (Å²) in [4.78, 5) is 21.4. The molecule has 0 atom stereocenters. The minimum atomic E-state index is -0.110. The van der Waals surface area contributed by atoms with Gasteiger partial charge in [0.1, 0.15) is 16.8 Å². The summed E-state index contributed by atoms with van der Waals surface area (Å²) in [6.45, 7) is 1.12. The molecule has 0 aromatic carbocycles. The smallest absolute Gasteiger partial charge is 0.316 e. The average Bonchev–Trinajstić information content (AvgIpc) is 3.17. The number of hydrogen-bond donors (Lipinski definition) is 2. The number of urea groups is 1. The number of anilines is 1. The zero-order valence-corrected chi connectivity index (χ0v) is 11.9. The summed E-state index contributed by atoms with van der Waals surface area (Å²) in [5, 5.41) is 6.35. The highest BCUT2D eigenvalue weighted by atomic mass is 35.5. The monoisotopic (exact) mass is 283 g/mol. The van der Waals surface area contributed by atoms with Crippen molar-refractivity contribution in [1.82, 2.24) is 20.2 Å². The Labute approximate surface area is 117 Å². The summed E-state index contributed by atoms with van der Waals surface area (Å²) < 4.78 is 0. The molecule has 2 amide bonds. The normalized spacial score (nSPS) is 14.1. The fraction of sp³-hybridized carbons (Fsp3) is 0.583. The van der Waals surface area contributed by atoms with Crippen molar-refractivity contribution < 1.29 is 4.79 Å². The van der Waals surface area contributed by atoms with Crippen LogP contribution in [0, 0.1) is 0 Å². The highest BCUT2D eigenvalue weighted by Crippen LogP contribution is 2.38. The molecular weight excluding hydrogens is 266 g/mol. The molecule has 19 heavy (non-hydrogen) atoms. The Kier molecular flexibility index (Phi) is 4.42. The summed E-state index contributed by atoms with van der Waals surface area (Å²) in [5.41, 5.74) is 0. The van der Waals surface area contributed by atoms with Crippen molar-refractivity contribution in [3.63, 3.8) is 0 Å². The van der Waals surface area contributed by atoms with Crippen molar-refractivity contribution in [2.75, 3.05) is 32.5 Å². The second-order valence-electron chi connectivity index (χ2n) is 4.76. The molecule has 0 bridgehead atoms. The van der Waals surface area contributed by atoms with Gasteiger partial charge >= 0.3 is 6.03 Å². The quantitative estimate of drug-likeness (QED) is 0.637. The van der Waals surface area contributed by atoms with Gasteiger partial charge in [0.05, 0.1) is 0 Å². The third kappa shape index (κ3) is 4.24. The number of amides is 2. The molecule has 1 heterocycles. The lowest BCUT2D eigenvalue weighted by molar-refractivity contribution is 0.218. The van der Waals surface area contributed by atoms with Gasteiger partial charge < -0.3 is 15.5 Å². The summed E-state index contributed by atoms with van der Waals surface area (Å²) in [5.74, 6) is 1.99. The van der Waals surface area contributed by atoms with E-state index in [1.807, 2.05) is 0 Å². The largest absolute Gasteiger partial charge is 0.368 e. The van der Waals surface area contributed by atoms with Gasteiger partial charge in [0.25, 0.3) is 0 Å². The van der Waals surface area contributed by atoms with E-state index in [-0.39, 0.29) is 6.03 Å². The lowest BCUT2D eigenvalue weighted by atomic mass is 10.4. The van der Waals surface area contributed by atoms with Crippen LogP contribution in [0.3, 0.4) is 0 Å². The van der Waals surface area contributed by atoms with Gasteiger partial charge in [-0.25, -0.2) is 14.8 Å². The molecule has 0 aliphatic heterocycles. The van der Waals surface area contributed by atoms with E-state index in [4.69, 9.17) is 11.6 Å². The van der Waals surface area contributed by atoms with Gasteiger partial charge in [-0.1, -0.05) is 11.6 Å². The van der Waals surface area contributed by atoms with Crippen molar-refractivity contribution in [3.05, 3.63) is 17.0 Å². The maximum atomic E-state index is 11.3. The van der Waals surface area contributed by atoms with E-state index in [2.05, 4.69) is 20.6 Å². The minimum absolute atomic E-state index is 0.110. The highest BCUT2D eigenvalue weighted by Gasteiger charge is 2.27. The predicted molar refractivity (Wildman–Crippen MR) is 74.6 cm³/mol. The Morgan fingerprint density at radius 3 is 2.79 bits per heavy atom. The van der Waals surface area contributed by atoms with Crippen LogP contribution in [-0.2, 0) is 0 Å². The van der Waals surface area contributed by atoms with E-state index in [9.17, 15) is 4.79 Å². The van der Waals surface area contributed by atoms with E-state index < -0.39 is 0 Å². The first kappa shape index (κ1) is 13.9. The van der Waals surface area contributed by atoms with Crippen molar-refractivity contribution in [3.8, 4) is 0 Å². The molecule has 7 heteroatoms. The summed E-state index contributed by atoms with van der Waals surface area (Å²) in [7, 11) is 3.41. The summed E-state index contributed by atoms with van der Waals surface area (Å²) in [6, 6.07) is 1.59. The summed E-state index contributed by atoms with van der Waals surface area (Å²) >= 11 is 5.96. The Bertz CT molecular complexity index is 461. The second-order valence-corrected chi connectivity index (χ2v) is 5.15. The van der Waals surface area contributed by atoms with E-state index in [1.165, 1.54) is 4.90 Å². The second kappa shape index (κ2) is 6.06. The van der Waals surface area contributed by atoms with Gasteiger partial charge in [-0.15, -0.1) is 0 Å². The Balaban J connectivity index is 1.81. The Hall–Kier alpha value is -1.56. The van der Waals surface area contributed by atoms with Crippen molar-refractivity contribution in [2.24, 2.45) is 0 Å². The van der Waals surface area contributed by atoms with Gasteiger partial charge in [0, 0.05) is 39.2 Å². The van der Waals surface area contributed by atoms with E-state index in [0.29, 0.717) is 30.0 Å². The molecule has 1 aromatic heterocycles. The van der Waals surface area contributed by atoms with Gasteiger partial charge in [0.2, 0.25) is 0 Å². The molecule has 0 saturated heterocycles. The van der Waals surface area contributed by atoms with E-state index in [1.54, 1.807) is 20.2 Å². The zero-order valence-electron chi connectivity index (χ0n) is 11.1. The molecule has 1 aromatic rings. The molecule has 6 nitrogen and oxygen atoms in total. The molecule has 1 fully saturated rings. The molecule has 0 radical (unpaired) electrons. The SMILES string of the molecule is CN(C)C(=O)NCCNc1cc(Cl)nc(C2CC2)n1. The van der Waals surface area contributed by atoms with Crippen LogP contribution in [0.25, 0.3) is 0 Å². The zero-order chi connectivity index (χ0) is 13.8. The predicted octanol–water partition coefficient (Wildman–Crippen LogP) is 1.69. The van der Waals surface area contributed by atoms with Crippen LogP contribution in [0.4, 0.5) is 10.6 Å². The minimum Gasteiger partial charge on any atom is -0.368 e. The molecule has 1 aliphatic rings. The number of carbonyl (C=O) groups excluding carboxylic acids is 1.